The van der Waals surface area contributed by atoms with Crippen molar-refractivity contribution in [3.05, 3.63) is 35.6 Å². The standard InChI is InChI=1S/C20H23N5O4S.C4H10/c1-13-5-6-16(12-28-8-7-14(13)9-21)23-18(26)11-25-20(27)24-17-4-2-3-15(10-22)19(17)30-29-25;1-3-4-2/h5-8,15-17,19H,2-4,11-12H2,1H3,(H,23,26)(H,24,27);3-4H2,1-2H3/b6-5+,8-7+,14-13+;. The van der Waals surface area contributed by atoms with Crippen LogP contribution in [0.5, 0.6) is 0 Å². The molecule has 1 aliphatic carbocycles. The van der Waals surface area contributed by atoms with E-state index in [4.69, 9.17) is 14.3 Å². The van der Waals surface area contributed by atoms with Gasteiger partial charge in [-0.3, -0.25) is 4.79 Å². The van der Waals surface area contributed by atoms with Gasteiger partial charge in [0.25, 0.3) is 0 Å². The van der Waals surface area contributed by atoms with Crippen LogP contribution in [0.4, 0.5) is 4.79 Å². The predicted molar refractivity (Wildman–Crippen MR) is 130 cm³/mol. The normalized spacial score (nSPS) is 30.5. The Morgan fingerprint density at radius 3 is 2.74 bits per heavy atom. The molecule has 1 saturated heterocycles. The zero-order chi connectivity index (χ0) is 24.9. The third kappa shape index (κ3) is 8.12. The van der Waals surface area contributed by atoms with Crippen LogP contribution < -0.4 is 10.6 Å². The molecular weight excluding hydrogens is 454 g/mol. The fourth-order valence-electron chi connectivity index (χ4n) is 3.47. The number of hydrogen-bond donors (Lipinski definition) is 2. The molecule has 3 aliphatic rings. The Hall–Kier alpha value is -2.95. The lowest BCUT2D eigenvalue weighted by atomic mass is 9.86. The quantitative estimate of drug-likeness (QED) is 0.576. The first-order valence-electron chi connectivity index (χ1n) is 11.6. The molecule has 34 heavy (non-hydrogen) atoms. The number of allylic oxidation sites excluding steroid dienone is 4. The molecule has 0 aromatic rings. The summed E-state index contributed by atoms with van der Waals surface area (Å²) in [6.45, 7) is 6.04. The maximum atomic E-state index is 12.5. The van der Waals surface area contributed by atoms with Crippen LogP contribution in [0.25, 0.3) is 0 Å². The van der Waals surface area contributed by atoms with Crippen LogP contribution in [0.1, 0.15) is 52.9 Å². The van der Waals surface area contributed by atoms with Crippen LogP contribution in [0.15, 0.2) is 35.6 Å². The van der Waals surface area contributed by atoms with Crippen LogP contribution in [0, 0.1) is 28.6 Å². The van der Waals surface area contributed by atoms with Crippen LogP contribution >= 0.6 is 12.0 Å². The Bertz CT molecular complexity index is 887. The third-order valence-corrected chi connectivity index (χ3v) is 6.78. The number of carbonyl (C=O) groups is 2. The number of nitrogens with zero attached hydrogens (tertiary/aromatic N) is 3. The molecule has 3 rings (SSSR count). The number of unbranched alkanes of at least 4 members (excludes halogenated alkanes) is 1. The van der Waals surface area contributed by atoms with E-state index in [0.29, 0.717) is 5.57 Å². The summed E-state index contributed by atoms with van der Waals surface area (Å²) in [7, 11) is 0. The summed E-state index contributed by atoms with van der Waals surface area (Å²) in [6.07, 6.45) is 11.5. The fourth-order valence-corrected chi connectivity index (χ4v) is 4.46. The summed E-state index contributed by atoms with van der Waals surface area (Å²) in [5, 5.41) is 24.9. The van der Waals surface area contributed by atoms with Crippen molar-refractivity contribution in [2.24, 2.45) is 5.92 Å². The van der Waals surface area contributed by atoms with Gasteiger partial charge in [-0.15, -0.1) is 0 Å². The van der Waals surface area contributed by atoms with Crippen molar-refractivity contribution in [2.75, 3.05) is 13.2 Å². The summed E-state index contributed by atoms with van der Waals surface area (Å²) >= 11 is 1.07. The lowest BCUT2D eigenvalue weighted by molar-refractivity contribution is -0.127. The van der Waals surface area contributed by atoms with E-state index in [-0.39, 0.29) is 30.4 Å². The van der Waals surface area contributed by atoms with Gasteiger partial charge in [0.2, 0.25) is 5.91 Å². The smallest absolute Gasteiger partial charge is 0.343 e. The number of fused-ring (bicyclic) bond motifs is 1. The minimum atomic E-state index is -0.495. The van der Waals surface area contributed by atoms with Gasteiger partial charge in [0.15, 0.2) is 0 Å². The minimum absolute atomic E-state index is 0.157. The van der Waals surface area contributed by atoms with Gasteiger partial charge in [0, 0.05) is 18.1 Å². The molecule has 0 bridgehead atoms. The van der Waals surface area contributed by atoms with Crippen LogP contribution in [0.3, 0.4) is 0 Å². The van der Waals surface area contributed by atoms with Gasteiger partial charge in [-0.05, 0) is 31.4 Å². The predicted octanol–water partition coefficient (Wildman–Crippen LogP) is 3.88. The van der Waals surface area contributed by atoms with E-state index in [1.165, 1.54) is 19.1 Å². The molecular formula is C24H33N5O4S. The summed E-state index contributed by atoms with van der Waals surface area (Å²) < 4.78 is 10.9. The monoisotopic (exact) mass is 487 g/mol. The molecule has 0 aromatic heterocycles. The Morgan fingerprint density at radius 1 is 1.29 bits per heavy atom. The van der Waals surface area contributed by atoms with Gasteiger partial charge < -0.3 is 15.4 Å². The Labute approximate surface area is 206 Å². The second-order valence-corrected chi connectivity index (χ2v) is 9.16. The average molecular weight is 488 g/mol. The molecule has 2 aliphatic heterocycles. The summed E-state index contributed by atoms with van der Waals surface area (Å²) in [6, 6.07) is 3.27. The number of nitrogens with one attached hydrogen (secondary N) is 2. The Balaban J connectivity index is 0.000000945. The highest BCUT2D eigenvalue weighted by atomic mass is 32.2. The third-order valence-electron chi connectivity index (χ3n) is 5.63. The number of hydroxylamine groups is 2. The molecule has 0 radical (unpaired) electrons. The van der Waals surface area contributed by atoms with E-state index in [2.05, 4.69) is 36.6 Å². The summed E-state index contributed by atoms with van der Waals surface area (Å²) in [5.41, 5.74) is 1.22. The van der Waals surface area contributed by atoms with Crippen molar-refractivity contribution < 1.29 is 18.6 Å². The number of nitriles is 2. The lowest BCUT2D eigenvalue weighted by Gasteiger charge is -2.31. The fraction of sp³-hybridized carbons (Fsp3) is 0.583. The van der Waals surface area contributed by atoms with Crippen molar-refractivity contribution in [1.29, 1.82) is 10.5 Å². The van der Waals surface area contributed by atoms with Crippen LogP contribution in [0.2, 0.25) is 0 Å². The Kier molecular flexibility index (Phi) is 11.5. The number of hydrogen-bond acceptors (Lipinski definition) is 7. The van der Waals surface area contributed by atoms with Crippen molar-refractivity contribution >= 4 is 24.0 Å². The molecule has 184 valence electrons. The molecule has 3 amide bonds. The highest BCUT2D eigenvalue weighted by Gasteiger charge is 2.40. The number of urea groups is 1. The SMILES string of the molecule is CC1=C(C#N)/C=C/OCC(NC(=O)CN2OSC3C(C#N)CCCC3NC2=O)\C=C\1.CCCC. The highest BCUT2D eigenvalue weighted by Crippen LogP contribution is 2.36. The average Bonchev–Trinajstić information content (AvgIpc) is 2.94. The lowest BCUT2D eigenvalue weighted by Crippen LogP contribution is -2.50. The number of ether oxygens (including phenoxy) is 1. The van der Waals surface area contributed by atoms with Crippen molar-refractivity contribution in [2.45, 2.75) is 70.2 Å². The molecule has 1 saturated carbocycles. The van der Waals surface area contributed by atoms with Gasteiger partial charge in [-0.2, -0.15) is 19.9 Å². The molecule has 2 heterocycles. The van der Waals surface area contributed by atoms with Crippen LogP contribution in [-0.2, 0) is 13.8 Å². The van der Waals surface area contributed by atoms with Crippen LogP contribution in [-0.4, -0.2) is 47.5 Å². The van der Waals surface area contributed by atoms with E-state index in [1.54, 1.807) is 25.2 Å². The number of amides is 3. The zero-order valence-electron chi connectivity index (χ0n) is 20.0. The van der Waals surface area contributed by atoms with E-state index >= 15 is 0 Å². The molecule has 2 fully saturated rings. The van der Waals surface area contributed by atoms with Crippen molar-refractivity contribution in [3.63, 3.8) is 0 Å². The largest absolute Gasteiger partial charge is 0.499 e. The maximum absolute atomic E-state index is 12.5. The summed E-state index contributed by atoms with van der Waals surface area (Å²) in [5.74, 6) is -0.623. The first kappa shape index (κ1) is 27.3. The maximum Gasteiger partial charge on any atom is 0.343 e. The van der Waals surface area contributed by atoms with Gasteiger partial charge >= 0.3 is 6.03 Å². The van der Waals surface area contributed by atoms with Crippen molar-refractivity contribution in [3.8, 4) is 12.1 Å². The zero-order valence-corrected chi connectivity index (χ0v) is 20.8. The van der Waals surface area contributed by atoms with E-state index in [9.17, 15) is 14.9 Å². The highest BCUT2D eigenvalue weighted by molar-refractivity contribution is 7.95. The minimum Gasteiger partial charge on any atom is -0.499 e. The molecule has 0 aromatic carbocycles. The van der Waals surface area contributed by atoms with Gasteiger partial charge in [0.05, 0.1) is 41.2 Å². The van der Waals surface area contributed by atoms with E-state index in [1.807, 2.05) is 0 Å². The number of carbonyl (C=O) groups excluding carboxylic acids is 2. The molecule has 2 N–H and O–H groups in total. The topological polar surface area (TPSA) is 127 Å². The molecule has 0 spiro atoms. The molecule has 9 nitrogen and oxygen atoms in total. The first-order chi connectivity index (χ1) is 16.4. The molecule has 4 atom stereocenters. The van der Waals surface area contributed by atoms with E-state index in [0.717, 1.165) is 41.9 Å². The van der Waals surface area contributed by atoms with Gasteiger partial charge in [-0.1, -0.05) is 45.3 Å². The first-order valence-corrected chi connectivity index (χ1v) is 12.4. The van der Waals surface area contributed by atoms with Gasteiger partial charge in [-0.25, -0.2) is 4.79 Å². The number of rotatable bonds is 4. The second kappa shape index (κ2) is 14.3. The summed E-state index contributed by atoms with van der Waals surface area (Å²) in [4.78, 5) is 25.0. The second-order valence-electron chi connectivity index (χ2n) is 8.27. The Morgan fingerprint density at radius 2 is 2.06 bits per heavy atom. The molecule has 4 unspecified atom stereocenters. The van der Waals surface area contributed by atoms with Gasteiger partial charge in [0.1, 0.15) is 13.2 Å². The molecule has 10 heteroatoms. The van der Waals surface area contributed by atoms with Crippen molar-refractivity contribution in [1.82, 2.24) is 15.7 Å². The van der Waals surface area contributed by atoms with E-state index < -0.39 is 18.0 Å².